The second kappa shape index (κ2) is 20.2. The van der Waals surface area contributed by atoms with Gasteiger partial charge in [-0.05, 0) is 12.5 Å². The van der Waals surface area contributed by atoms with E-state index in [0.29, 0.717) is 0 Å². The summed E-state index contributed by atoms with van der Waals surface area (Å²) in [5.41, 5.74) is -0.133. The molecule has 23 unspecified atom stereocenters. The summed E-state index contributed by atoms with van der Waals surface area (Å²) in [6.45, 7) is -3.16. The first-order chi connectivity index (χ1) is 25.9. The average molecular weight is 810 g/mol. The molecule has 3 fully saturated rings. The van der Waals surface area contributed by atoms with Gasteiger partial charge in [0, 0.05) is 0 Å². The maximum absolute atomic E-state index is 11.1. The zero-order valence-electron chi connectivity index (χ0n) is 29.4. The van der Waals surface area contributed by atoms with Crippen molar-refractivity contribution in [1.29, 1.82) is 0 Å². The van der Waals surface area contributed by atoms with Crippen molar-refractivity contribution in [1.82, 2.24) is 5.32 Å². The molecule has 0 aromatic carbocycles. The van der Waals surface area contributed by atoms with Gasteiger partial charge in [0.05, 0.1) is 63.4 Å². The van der Waals surface area contributed by atoms with Gasteiger partial charge in [-0.3, -0.25) is 0 Å². The Hall–Kier alpha value is -1.22. The topological polar surface area (TPSA) is 411 Å². The predicted molar refractivity (Wildman–Crippen MR) is 173 cm³/mol. The molecule has 0 radical (unpaired) electrons. The quantitative estimate of drug-likeness (QED) is 0.0644. The van der Waals surface area contributed by atoms with E-state index in [-0.39, 0.29) is 5.57 Å². The maximum Gasteiger partial charge on any atom is 0.187 e. The molecule has 3 heterocycles. The molecule has 0 spiro atoms. The highest BCUT2D eigenvalue weighted by Crippen LogP contribution is 2.34. The molecule has 0 aromatic rings. The summed E-state index contributed by atoms with van der Waals surface area (Å²) in [7, 11) is 0. The van der Waals surface area contributed by atoms with Crippen molar-refractivity contribution in [3.63, 3.8) is 0 Å². The van der Waals surface area contributed by atoms with Crippen LogP contribution in [0.2, 0.25) is 0 Å². The summed E-state index contributed by atoms with van der Waals surface area (Å²) in [4.78, 5) is 0. The van der Waals surface area contributed by atoms with E-state index in [0.717, 1.165) is 6.08 Å². The van der Waals surface area contributed by atoms with Crippen LogP contribution in [-0.2, 0) is 28.4 Å². The fourth-order valence-corrected chi connectivity index (χ4v) is 6.87. The van der Waals surface area contributed by atoms with Crippen LogP contribution in [0.15, 0.2) is 11.6 Å². The molecule has 0 saturated carbocycles. The predicted octanol–water partition coefficient (Wildman–Crippen LogP) is -11.1. The fraction of sp³-hybridized carbons (Fsp3) is 0.935. The van der Waals surface area contributed by atoms with Crippen LogP contribution in [0, 0.1) is 0 Å². The minimum atomic E-state index is -2.07. The Labute approximate surface area is 313 Å². The first-order valence-electron chi connectivity index (χ1n) is 17.6. The second-order valence-corrected chi connectivity index (χ2v) is 13.9. The number of aliphatic hydroxyl groups is 17. The highest BCUT2D eigenvalue weighted by atomic mass is 16.8. The van der Waals surface area contributed by atoms with E-state index in [1.807, 2.05) is 0 Å². The molecule has 4 rings (SSSR count). The normalized spacial score (nSPS) is 46.4. The van der Waals surface area contributed by atoms with Gasteiger partial charge < -0.3 is 121 Å². The Balaban J connectivity index is 1.45. The Kier molecular flexibility index (Phi) is 17.0. The molecule has 4 aliphatic rings. The molecule has 3 aliphatic heterocycles. The lowest BCUT2D eigenvalue weighted by molar-refractivity contribution is -0.381. The van der Waals surface area contributed by atoms with Crippen molar-refractivity contribution in [3.05, 3.63) is 11.6 Å². The molecule has 18 N–H and O–H groups in total. The maximum atomic E-state index is 11.1. The third-order valence-corrected chi connectivity index (χ3v) is 10.2. The molecule has 0 bridgehead atoms. The Morgan fingerprint density at radius 2 is 1.04 bits per heavy atom. The van der Waals surface area contributed by atoms with Gasteiger partial charge in [-0.1, -0.05) is 6.08 Å². The van der Waals surface area contributed by atoms with Crippen molar-refractivity contribution in [2.75, 3.05) is 33.0 Å². The van der Waals surface area contributed by atoms with Crippen LogP contribution < -0.4 is 5.32 Å². The van der Waals surface area contributed by atoms with E-state index in [2.05, 4.69) is 5.32 Å². The molecule has 322 valence electrons. The molecule has 24 heteroatoms. The summed E-state index contributed by atoms with van der Waals surface area (Å²) >= 11 is 0. The Morgan fingerprint density at radius 3 is 1.47 bits per heavy atom. The highest BCUT2D eigenvalue weighted by molar-refractivity contribution is 5.23. The standard InChI is InChI=1S/C31H55NO23/c1-8(38)16(40)15(11(39)4-34)32-10-2-9(3-33)26(20(44)17(10)41)53-30-24(48)21(45)28(13(6-36)51-30)55-31-25(49)22(46)27(14(7-37)52-31)54-29-23(47)19(43)18(42)12(5-35)50-29/h2,8,10-49H,3-7H2,1H3. The van der Waals surface area contributed by atoms with Gasteiger partial charge in [0.15, 0.2) is 18.9 Å². The van der Waals surface area contributed by atoms with Gasteiger partial charge in [-0.25, -0.2) is 0 Å². The molecule has 1 aliphatic carbocycles. The minimum absolute atomic E-state index is 0.133. The summed E-state index contributed by atoms with van der Waals surface area (Å²) in [6.07, 6.45) is -36.2. The lowest BCUT2D eigenvalue weighted by atomic mass is 9.86. The zero-order valence-corrected chi connectivity index (χ0v) is 29.4. The van der Waals surface area contributed by atoms with Gasteiger partial charge in [-0.15, -0.1) is 0 Å². The van der Waals surface area contributed by atoms with Crippen molar-refractivity contribution in [3.8, 4) is 0 Å². The van der Waals surface area contributed by atoms with Crippen LogP contribution in [0.3, 0.4) is 0 Å². The van der Waals surface area contributed by atoms with Crippen LogP contribution >= 0.6 is 0 Å². The molecule has 0 amide bonds. The monoisotopic (exact) mass is 809 g/mol. The van der Waals surface area contributed by atoms with E-state index < -0.39 is 174 Å². The number of aliphatic hydroxyl groups excluding tert-OH is 17. The van der Waals surface area contributed by atoms with Crippen LogP contribution in [0.4, 0.5) is 0 Å². The summed E-state index contributed by atoms with van der Waals surface area (Å²) in [6, 6.07) is -2.75. The van der Waals surface area contributed by atoms with Gasteiger partial charge in [0.1, 0.15) is 91.6 Å². The Morgan fingerprint density at radius 1 is 0.582 bits per heavy atom. The lowest BCUT2D eigenvalue weighted by Gasteiger charge is -2.48. The Bertz CT molecular complexity index is 1200. The third-order valence-electron chi connectivity index (χ3n) is 10.2. The fourth-order valence-electron chi connectivity index (χ4n) is 6.87. The van der Waals surface area contributed by atoms with Crippen LogP contribution in [0.1, 0.15) is 6.92 Å². The molecular weight excluding hydrogens is 754 g/mol. The smallest absolute Gasteiger partial charge is 0.187 e. The molecule has 0 aromatic heterocycles. The van der Waals surface area contributed by atoms with E-state index in [4.69, 9.17) is 28.4 Å². The van der Waals surface area contributed by atoms with Crippen molar-refractivity contribution >= 4 is 0 Å². The van der Waals surface area contributed by atoms with E-state index in [1.165, 1.54) is 6.92 Å². The molecular formula is C31H55NO23. The number of hydrogen-bond donors (Lipinski definition) is 18. The molecule has 3 saturated heterocycles. The number of hydrogen-bond acceptors (Lipinski definition) is 24. The summed E-state index contributed by atoms with van der Waals surface area (Å²) in [5.74, 6) is 0. The second-order valence-electron chi connectivity index (χ2n) is 13.9. The van der Waals surface area contributed by atoms with Crippen LogP contribution in [0.5, 0.6) is 0 Å². The SMILES string of the molecule is CC(O)C(O)C(NC1C=C(CO)C(OC2OC(CO)C(OC3OC(CO)C(OC4OC(CO)C(O)C(O)C4O)C(O)C3O)C(O)C2O)C(O)C1O)C(O)CO. The van der Waals surface area contributed by atoms with E-state index in [9.17, 15) is 86.8 Å². The van der Waals surface area contributed by atoms with Gasteiger partial charge in [0.2, 0.25) is 0 Å². The van der Waals surface area contributed by atoms with Crippen LogP contribution in [0.25, 0.3) is 0 Å². The molecule has 23 atom stereocenters. The molecule has 24 nitrogen and oxygen atoms in total. The number of nitrogens with one attached hydrogen (secondary N) is 1. The summed E-state index contributed by atoms with van der Waals surface area (Å²) < 4.78 is 33.2. The van der Waals surface area contributed by atoms with Crippen molar-refractivity contribution < 1.29 is 115 Å². The minimum Gasteiger partial charge on any atom is -0.394 e. The van der Waals surface area contributed by atoms with Gasteiger partial charge in [0.25, 0.3) is 0 Å². The lowest BCUT2D eigenvalue weighted by Crippen LogP contribution is -2.67. The summed E-state index contributed by atoms with van der Waals surface area (Å²) in [5, 5.41) is 178. The number of ether oxygens (including phenoxy) is 6. The highest BCUT2D eigenvalue weighted by Gasteiger charge is 2.54. The van der Waals surface area contributed by atoms with Gasteiger partial charge >= 0.3 is 0 Å². The third kappa shape index (κ3) is 9.98. The first kappa shape index (κ1) is 46.5. The zero-order chi connectivity index (χ0) is 41.0. The van der Waals surface area contributed by atoms with E-state index in [1.54, 1.807) is 0 Å². The van der Waals surface area contributed by atoms with E-state index >= 15 is 0 Å². The average Bonchev–Trinajstić information content (AvgIpc) is 3.17. The molecule has 55 heavy (non-hydrogen) atoms. The van der Waals surface area contributed by atoms with Gasteiger partial charge in [-0.2, -0.15) is 0 Å². The van der Waals surface area contributed by atoms with Crippen molar-refractivity contribution in [2.24, 2.45) is 0 Å². The first-order valence-corrected chi connectivity index (χ1v) is 17.6. The number of rotatable bonds is 16. The largest absolute Gasteiger partial charge is 0.394 e. The van der Waals surface area contributed by atoms with Crippen LogP contribution in [-0.4, -0.2) is 261 Å². The van der Waals surface area contributed by atoms with Crippen molar-refractivity contribution in [2.45, 2.75) is 148 Å².